The van der Waals surface area contributed by atoms with Crippen molar-refractivity contribution in [3.63, 3.8) is 0 Å². The minimum atomic E-state index is 0.506. The maximum atomic E-state index is 5.40. The molecule has 1 heterocycles. The van der Waals surface area contributed by atoms with E-state index in [-0.39, 0.29) is 0 Å². The Morgan fingerprint density at radius 2 is 1.46 bits per heavy atom. The Kier molecular flexibility index (Phi) is 4.35. The zero-order chi connectivity index (χ0) is 17.8. The Morgan fingerprint density at radius 3 is 2.31 bits per heavy atom. The van der Waals surface area contributed by atoms with Crippen LogP contribution in [0.4, 0.5) is 23.1 Å². The Labute approximate surface area is 151 Å². The van der Waals surface area contributed by atoms with Crippen LogP contribution in [0.1, 0.15) is 0 Å². The van der Waals surface area contributed by atoms with Crippen LogP contribution in [0.15, 0.2) is 78.9 Å². The summed E-state index contributed by atoms with van der Waals surface area (Å²) in [4.78, 5) is 9.31. The van der Waals surface area contributed by atoms with Gasteiger partial charge in [-0.25, -0.2) is 4.98 Å². The summed E-state index contributed by atoms with van der Waals surface area (Å²) >= 11 is 0. The zero-order valence-corrected chi connectivity index (χ0v) is 14.3. The van der Waals surface area contributed by atoms with Crippen LogP contribution in [-0.2, 0) is 0 Å². The molecule has 0 aliphatic heterocycles. The lowest BCUT2D eigenvalue weighted by molar-refractivity contribution is 0.417. The normalized spacial score (nSPS) is 10.5. The van der Waals surface area contributed by atoms with Crippen LogP contribution < -0.4 is 15.4 Å². The highest BCUT2D eigenvalue weighted by Gasteiger charge is 2.10. The molecule has 5 nitrogen and oxygen atoms in total. The SMILES string of the molecule is COc1ccccc1Nc1nc(Nc2ccccc2)c2ccccc2n1. The third-order valence-corrected chi connectivity index (χ3v) is 3.99. The number of hydrogen-bond donors (Lipinski definition) is 2. The van der Waals surface area contributed by atoms with E-state index in [1.165, 1.54) is 0 Å². The largest absolute Gasteiger partial charge is 0.495 e. The van der Waals surface area contributed by atoms with Crippen LogP contribution >= 0.6 is 0 Å². The summed E-state index contributed by atoms with van der Waals surface area (Å²) in [6.07, 6.45) is 0. The fourth-order valence-electron chi connectivity index (χ4n) is 2.75. The van der Waals surface area contributed by atoms with E-state index in [1.807, 2.05) is 78.9 Å². The molecule has 0 saturated carbocycles. The first kappa shape index (κ1) is 15.9. The molecule has 1 aromatic heterocycles. The first-order valence-electron chi connectivity index (χ1n) is 8.32. The van der Waals surface area contributed by atoms with Crippen LogP contribution in [0.2, 0.25) is 0 Å². The summed E-state index contributed by atoms with van der Waals surface area (Å²) in [6, 6.07) is 25.6. The molecule has 0 amide bonds. The van der Waals surface area contributed by atoms with Crippen molar-refractivity contribution in [1.82, 2.24) is 9.97 Å². The van der Waals surface area contributed by atoms with Gasteiger partial charge in [0.2, 0.25) is 5.95 Å². The predicted octanol–water partition coefficient (Wildman–Crippen LogP) is 5.13. The fourth-order valence-corrected chi connectivity index (χ4v) is 2.75. The second-order valence-electron chi connectivity index (χ2n) is 5.73. The van der Waals surface area contributed by atoms with Gasteiger partial charge < -0.3 is 15.4 Å². The van der Waals surface area contributed by atoms with Crippen molar-refractivity contribution in [3.05, 3.63) is 78.9 Å². The highest BCUT2D eigenvalue weighted by molar-refractivity contribution is 5.92. The third-order valence-electron chi connectivity index (χ3n) is 3.99. The van der Waals surface area contributed by atoms with E-state index in [2.05, 4.69) is 20.6 Å². The first-order valence-corrected chi connectivity index (χ1v) is 8.32. The molecule has 0 radical (unpaired) electrons. The second kappa shape index (κ2) is 7.11. The van der Waals surface area contributed by atoms with Gasteiger partial charge in [0.1, 0.15) is 11.6 Å². The zero-order valence-electron chi connectivity index (χ0n) is 14.3. The van der Waals surface area contributed by atoms with E-state index in [0.717, 1.165) is 33.8 Å². The maximum Gasteiger partial charge on any atom is 0.229 e. The van der Waals surface area contributed by atoms with Gasteiger partial charge in [0.15, 0.2) is 0 Å². The van der Waals surface area contributed by atoms with Crippen molar-refractivity contribution in [1.29, 1.82) is 0 Å². The number of fused-ring (bicyclic) bond motifs is 1. The lowest BCUT2D eigenvalue weighted by Gasteiger charge is -2.13. The van der Waals surface area contributed by atoms with E-state index < -0.39 is 0 Å². The van der Waals surface area contributed by atoms with Crippen LogP contribution in [0.5, 0.6) is 5.75 Å². The number of nitrogens with zero attached hydrogens (tertiary/aromatic N) is 2. The molecule has 128 valence electrons. The van der Waals surface area contributed by atoms with Gasteiger partial charge in [-0.3, -0.25) is 0 Å². The van der Waals surface area contributed by atoms with Crippen molar-refractivity contribution in [2.45, 2.75) is 0 Å². The summed E-state index contributed by atoms with van der Waals surface area (Å²) < 4.78 is 5.40. The van der Waals surface area contributed by atoms with E-state index in [9.17, 15) is 0 Å². The second-order valence-corrected chi connectivity index (χ2v) is 5.73. The van der Waals surface area contributed by atoms with E-state index in [1.54, 1.807) is 7.11 Å². The minimum absolute atomic E-state index is 0.506. The molecule has 0 aliphatic carbocycles. The van der Waals surface area contributed by atoms with Gasteiger partial charge in [-0.2, -0.15) is 4.98 Å². The Bertz CT molecular complexity index is 1030. The number of methoxy groups -OCH3 is 1. The topological polar surface area (TPSA) is 59.1 Å². The highest BCUT2D eigenvalue weighted by atomic mass is 16.5. The van der Waals surface area contributed by atoms with Gasteiger partial charge in [0.05, 0.1) is 18.3 Å². The van der Waals surface area contributed by atoms with Crippen molar-refractivity contribution < 1.29 is 4.74 Å². The Morgan fingerprint density at radius 1 is 0.731 bits per heavy atom. The summed E-state index contributed by atoms with van der Waals surface area (Å²) in [5, 5.41) is 7.59. The quantitative estimate of drug-likeness (QED) is 0.527. The van der Waals surface area contributed by atoms with E-state index in [4.69, 9.17) is 4.74 Å². The minimum Gasteiger partial charge on any atom is -0.495 e. The van der Waals surface area contributed by atoms with Gasteiger partial charge in [-0.1, -0.05) is 42.5 Å². The molecule has 0 aliphatic rings. The molecule has 26 heavy (non-hydrogen) atoms. The fraction of sp³-hybridized carbons (Fsp3) is 0.0476. The summed E-state index contributed by atoms with van der Waals surface area (Å²) in [7, 11) is 1.64. The number of para-hydroxylation sites is 4. The molecule has 4 aromatic rings. The van der Waals surface area contributed by atoms with Crippen LogP contribution in [0, 0.1) is 0 Å². The van der Waals surface area contributed by atoms with Crippen LogP contribution in [-0.4, -0.2) is 17.1 Å². The lowest BCUT2D eigenvalue weighted by atomic mass is 10.2. The van der Waals surface area contributed by atoms with Gasteiger partial charge in [-0.15, -0.1) is 0 Å². The average Bonchev–Trinajstić information content (AvgIpc) is 2.69. The number of aromatic nitrogens is 2. The van der Waals surface area contributed by atoms with Crippen molar-refractivity contribution in [2.75, 3.05) is 17.7 Å². The van der Waals surface area contributed by atoms with Gasteiger partial charge in [0, 0.05) is 11.1 Å². The number of ether oxygens (including phenoxy) is 1. The molecule has 2 N–H and O–H groups in total. The molecular formula is C21H18N4O. The predicted molar refractivity (Wildman–Crippen MR) is 106 cm³/mol. The van der Waals surface area contributed by atoms with Crippen molar-refractivity contribution in [2.24, 2.45) is 0 Å². The monoisotopic (exact) mass is 342 g/mol. The van der Waals surface area contributed by atoms with Gasteiger partial charge in [0.25, 0.3) is 0 Å². The van der Waals surface area contributed by atoms with Crippen molar-refractivity contribution >= 4 is 34.0 Å². The number of hydrogen-bond acceptors (Lipinski definition) is 5. The molecule has 0 fully saturated rings. The molecule has 0 bridgehead atoms. The highest BCUT2D eigenvalue weighted by Crippen LogP contribution is 2.29. The molecule has 0 atom stereocenters. The molecule has 0 spiro atoms. The number of nitrogens with one attached hydrogen (secondary N) is 2. The van der Waals surface area contributed by atoms with Crippen LogP contribution in [0.3, 0.4) is 0 Å². The van der Waals surface area contributed by atoms with E-state index in [0.29, 0.717) is 5.95 Å². The molecule has 4 rings (SSSR count). The number of rotatable bonds is 5. The number of benzene rings is 3. The van der Waals surface area contributed by atoms with Gasteiger partial charge >= 0.3 is 0 Å². The summed E-state index contributed by atoms with van der Waals surface area (Å²) in [5.74, 6) is 1.99. The molecule has 0 saturated heterocycles. The molecular weight excluding hydrogens is 324 g/mol. The average molecular weight is 342 g/mol. The molecule has 5 heteroatoms. The molecule has 3 aromatic carbocycles. The van der Waals surface area contributed by atoms with Crippen molar-refractivity contribution in [3.8, 4) is 5.75 Å². The Hall–Kier alpha value is -3.60. The summed E-state index contributed by atoms with van der Waals surface area (Å²) in [6.45, 7) is 0. The standard InChI is InChI=1S/C21H18N4O/c1-26-19-14-8-7-13-18(19)24-21-23-17-12-6-5-11-16(17)20(25-21)22-15-9-3-2-4-10-15/h2-14H,1H3,(H2,22,23,24,25). The van der Waals surface area contributed by atoms with Gasteiger partial charge in [-0.05, 0) is 36.4 Å². The maximum absolute atomic E-state index is 5.40. The Balaban J connectivity index is 1.76. The van der Waals surface area contributed by atoms with Crippen LogP contribution in [0.25, 0.3) is 10.9 Å². The molecule has 0 unspecified atom stereocenters. The van der Waals surface area contributed by atoms with E-state index >= 15 is 0 Å². The summed E-state index contributed by atoms with van der Waals surface area (Å²) in [5.41, 5.74) is 2.65. The number of anilines is 4. The smallest absolute Gasteiger partial charge is 0.229 e. The first-order chi connectivity index (χ1) is 12.8. The third kappa shape index (κ3) is 3.28. The lowest BCUT2D eigenvalue weighted by Crippen LogP contribution is -2.03.